The fourth-order valence-electron chi connectivity index (χ4n) is 2.98. The molecule has 2 fully saturated rings. The van der Waals surface area contributed by atoms with E-state index in [9.17, 15) is 14.7 Å². The summed E-state index contributed by atoms with van der Waals surface area (Å²) in [6.07, 6.45) is 3.06. The Morgan fingerprint density at radius 2 is 2.10 bits per heavy atom. The van der Waals surface area contributed by atoms with Gasteiger partial charge in [-0.15, -0.1) is 0 Å². The smallest absolute Gasteiger partial charge is 0.317 e. The number of carboxylic acids is 1. The number of carboxylic acid groups (broad SMARTS) is 1. The predicted molar refractivity (Wildman–Crippen MR) is 73.5 cm³/mol. The molecule has 1 unspecified atom stereocenters. The third-order valence-corrected chi connectivity index (χ3v) is 4.60. The van der Waals surface area contributed by atoms with Crippen molar-refractivity contribution in [2.24, 2.45) is 5.41 Å². The second-order valence-electron chi connectivity index (χ2n) is 5.81. The van der Waals surface area contributed by atoms with Crippen LogP contribution in [0.2, 0.25) is 0 Å². The van der Waals surface area contributed by atoms with Crippen molar-refractivity contribution in [2.45, 2.75) is 51.7 Å². The lowest BCUT2D eigenvalue weighted by Gasteiger charge is -2.36. The largest absolute Gasteiger partial charge is 0.481 e. The third-order valence-electron chi connectivity index (χ3n) is 4.60. The van der Waals surface area contributed by atoms with Gasteiger partial charge < -0.3 is 20.1 Å². The van der Waals surface area contributed by atoms with Gasteiger partial charge in [0.1, 0.15) is 0 Å². The van der Waals surface area contributed by atoms with E-state index >= 15 is 0 Å². The summed E-state index contributed by atoms with van der Waals surface area (Å²) in [5.41, 5.74) is -0.759. The molecule has 114 valence electrons. The number of hydrogen-bond donors (Lipinski definition) is 2. The molecule has 1 saturated carbocycles. The van der Waals surface area contributed by atoms with Gasteiger partial charge in [-0.3, -0.25) is 4.79 Å². The van der Waals surface area contributed by atoms with Crippen molar-refractivity contribution in [1.29, 1.82) is 0 Å². The van der Waals surface area contributed by atoms with Gasteiger partial charge in [0, 0.05) is 25.7 Å². The summed E-state index contributed by atoms with van der Waals surface area (Å²) in [6, 6.07) is 0.0297. The van der Waals surface area contributed by atoms with Gasteiger partial charge in [0.25, 0.3) is 0 Å². The van der Waals surface area contributed by atoms with Gasteiger partial charge >= 0.3 is 12.0 Å². The van der Waals surface area contributed by atoms with Crippen molar-refractivity contribution in [1.82, 2.24) is 10.2 Å². The number of ether oxygens (including phenoxy) is 1. The SMILES string of the molecule is CCOC1CC(NC(=O)N2CCC(CC)(C(=O)O)C2)C1. The summed E-state index contributed by atoms with van der Waals surface area (Å²) in [5.74, 6) is -0.796. The zero-order chi connectivity index (χ0) is 14.8. The first-order valence-corrected chi connectivity index (χ1v) is 7.41. The van der Waals surface area contributed by atoms with E-state index in [-0.39, 0.29) is 18.2 Å². The number of nitrogens with zero attached hydrogens (tertiary/aromatic N) is 1. The molecular formula is C14H24N2O4. The zero-order valence-electron chi connectivity index (χ0n) is 12.2. The van der Waals surface area contributed by atoms with Crippen LogP contribution in [0.3, 0.4) is 0 Å². The minimum Gasteiger partial charge on any atom is -0.481 e. The van der Waals surface area contributed by atoms with Gasteiger partial charge in [-0.25, -0.2) is 4.79 Å². The topological polar surface area (TPSA) is 78.9 Å². The van der Waals surface area contributed by atoms with E-state index in [0.29, 0.717) is 32.5 Å². The van der Waals surface area contributed by atoms with Gasteiger partial charge in [0.15, 0.2) is 0 Å². The zero-order valence-corrected chi connectivity index (χ0v) is 12.2. The monoisotopic (exact) mass is 284 g/mol. The van der Waals surface area contributed by atoms with Crippen LogP contribution in [0.1, 0.15) is 39.5 Å². The lowest BCUT2D eigenvalue weighted by molar-refractivity contribution is -0.148. The van der Waals surface area contributed by atoms with E-state index in [0.717, 1.165) is 12.8 Å². The van der Waals surface area contributed by atoms with Crippen molar-refractivity contribution in [3.8, 4) is 0 Å². The Balaban J connectivity index is 1.79. The van der Waals surface area contributed by atoms with Crippen molar-refractivity contribution in [3.63, 3.8) is 0 Å². The Morgan fingerprint density at radius 3 is 2.60 bits per heavy atom. The maximum atomic E-state index is 12.1. The standard InChI is InChI=1S/C14H24N2O4/c1-3-14(12(17)18)5-6-16(9-14)13(19)15-10-7-11(8-10)20-4-2/h10-11H,3-9H2,1-2H3,(H,15,19)(H,17,18). The molecule has 1 aliphatic carbocycles. The molecule has 0 radical (unpaired) electrons. The summed E-state index contributed by atoms with van der Waals surface area (Å²) in [4.78, 5) is 25.1. The number of aliphatic carboxylic acids is 1. The molecule has 0 aromatic heterocycles. The fraction of sp³-hybridized carbons (Fsp3) is 0.857. The highest BCUT2D eigenvalue weighted by Gasteiger charge is 2.45. The molecule has 2 amide bonds. The summed E-state index contributed by atoms with van der Waals surface area (Å²) in [5, 5.41) is 12.3. The molecular weight excluding hydrogens is 260 g/mol. The van der Waals surface area contributed by atoms with E-state index < -0.39 is 11.4 Å². The number of likely N-dealkylation sites (tertiary alicyclic amines) is 1. The summed E-state index contributed by atoms with van der Waals surface area (Å²) in [6.45, 7) is 5.37. The molecule has 0 bridgehead atoms. The highest BCUT2D eigenvalue weighted by Crippen LogP contribution is 2.34. The van der Waals surface area contributed by atoms with Gasteiger partial charge in [-0.2, -0.15) is 0 Å². The van der Waals surface area contributed by atoms with Crippen LogP contribution < -0.4 is 5.32 Å². The summed E-state index contributed by atoms with van der Waals surface area (Å²) in [7, 11) is 0. The van der Waals surface area contributed by atoms with Gasteiger partial charge in [-0.05, 0) is 32.6 Å². The molecule has 2 aliphatic rings. The Bertz CT molecular complexity index is 381. The van der Waals surface area contributed by atoms with Gasteiger partial charge in [0.05, 0.1) is 11.5 Å². The maximum Gasteiger partial charge on any atom is 0.317 e. The predicted octanol–water partition coefficient (Wildman–Crippen LogP) is 1.45. The Hall–Kier alpha value is -1.30. The van der Waals surface area contributed by atoms with Crippen LogP contribution in [0.4, 0.5) is 4.79 Å². The fourth-order valence-corrected chi connectivity index (χ4v) is 2.98. The molecule has 20 heavy (non-hydrogen) atoms. The second kappa shape index (κ2) is 5.99. The van der Waals surface area contributed by atoms with E-state index in [2.05, 4.69) is 5.32 Å². The molecule has 0 aromatic rings. The minimum absolute atomic E-state index is 0.137. The van der Waals surface area contributed by atoms with Crippen molar-refractivity contribution in [2.75, 3.05) is 19.7 Å². The molecule has 0 aromatic carbocycles. The summed E-state index contributed by atoms with van der Waals surface area (Å²) < 4.78 is 5.45. The van der Waals surface area contributed by atoms with Crippen LogP contribution >= 0.6 is 0 Å². The van der Waals surface area contributed by atoms with Crippen molar-refractivity contribution in [3.05, 3.63) is 0 Å². The first kappa shape index (κ1) is 15.1. The Morgan fingerprint density at radius 1 is 1.40 bits per heavy atom. The number of carbonyl (C=O) groups excluding carboxylic acids is 1. The molecule has 1 aliphatic heterocycles. The Labute approximate surface area is 119 Å². The van der Waals surface area contributed by atoms with Crippen LogP contribution in [0.5, 0.6) is 0 Å². The van der Waals surface area contributed by atoms with Crippen LogP contribution in [0.25, 0.3) is 0 Å². The van der Waals surface area contributed by atoms with E-state index in [1.165, 1.54) is 0 Å². The third kappa shape index (κ3) is 2.90. The molecule has 1 heterocycles. The number of carbonyl (C=O) groups is 2. The lowest BCUT2D eigenvalue weighted by atomic mass is 9.84. The van der Waals surface area contributed by atoms with Crippen LogP contribution in [0.15, 0.2) is 0 Å². The van der Waals surface area contributed by atoms with Crippen LogP contribution in [0, 0.1) is 5.41 Å². The average molecular weight is 284 g/mol. The van der Waals surface area contributed by atoms with E-state index in [4.69, 9.17) is 4.74 Å². The van der Waals surface area contributed by atoms with Crippen molar-refractivity contribution < 1.29 is 19.4 Å². The summed E-state index contributed by atoms with van der Waals surface area (Å²) >= 11 is 0. The van der Waals surface area contributed by atoms with E-state index in [1.807, 2.05) is 13.8 Å². The molecule has 2 rings (SSSR count). The number of amides is 2. The number of rotatable bonds is 5. The quantitative estimate of drug-likeness (QED) is 0.801. The second-order valence-corrected chi connectivity index (χ2v) is 5.81. The molecule has 0 spiro atoms. The first-order valence-electron chi connectivity index (χ1n) is 7.41. The lowest BCUT2D eigenvalue weighted by Crippen LogP contribution is -2.52. The van der Waals surface area contributed by atoms with Crippen LogP contribution in [-0.2, 0) is 9.53 Å². The highest BCUT2D eigenvalue weighted by atomic mass is 16.5. The van der Waals surface area contributed by atoms with Gasteiger partial charge in [0.2, 0.25) is 0 Å². The normalized spacial score (nSPS) is 32.8. The van der Waals surface area contributed by atoms with E-state index in [1.54, 1.807) is 4.90 Å². The molecule has 1 atom stereocenters. The molecule has 1 saturated heterocycles. The van der Waals surface area contributed by atoms with Crippen molar-refractivity contribution >= 4 is 12.0 Å². The number of nitrogens with one attached hydrogen (secondary N) is 1. The molecule has 2 N–H and O–H groups in total. The number of hydrogen-bond acceptors (Lipinski definition) is 3. The Kier molecular flexibility index (Phi) is 4.52. The average Bonchev–Trinajstić information content (AvgIpc) is 2.82. The molecule has 6 heteroatoms. The van der Waals surface area contributed by atoms with Gasteiger partial charge in [-0.1, -0.05) is 6.92 Å². The maximum absolute atomic E-state index is 12.1. The molecule has 6 nitrogen and oxygen atoms in total. The highest BCUT2D eigenvalue weighted by molar-refractivity contribution is 5.80. The first-order chi connectivity index (χ1) is 9.50. The minimum atomic E-state index is -0.796. The van der Waals surface area contributed by atoms with Crippen LogP contribution in [-0.4, -0.2) is 53.8 Å². The number of urea groups is 1.